The standard InChI is InChI=1S/C22H21F3O4/c1-22(2)9-13-6-15(23)7-14(19(13)29-22)10-28-20-17(24)4-11(5-18(20)25)3-12-8-16(12)21(26)27/h4-7,12,16H,3,8-10H2,1-2H3,(H,26,27). The molecule has 1 aliphatic heterocycles. The van der Waals surface area contributed by atoms with E-state index in [1.165, 1.54) is 12.1 Å². The average Bonchev–Trinajstić information content (AvgIpc) is 3.28. The van der Waals surface area contributed by atoms with Gasteiger partial charge in [-0.2, -0.15) is 0 Å². The fraction of sp³-hybridized carbons (Fsp3) is 0.409. The summed E-state index contributed by atoms with van der Waals surface area (Å²) in [7, 11) is 0. The molecule has 7 heteroatoms. The Kier molecular flexibility index (Phi) is 4.71. The zero-order chi connectivity index (χ0) is 20.9. The second kappa shape index (κ2) is 6.97. The minimum absolute atomic E-state index is 0.103. The maximum Gasteiger partial charge on any atom is 0.306 e. The molecule has 2 aromatic rings. The highest BCUT2D eigenvalue weighted by Gasteiger charge is 2.43. The van der Waals surface area contributed by atoms with Crippen molar-refractivity contribution in [3.8, 4) is 11.5 Å². The molecule has 2 unspecified atom stereocenters. The van der Waals surface area contributed by atoms with Gasteiger partial charge in [-0.25, -0.2) is 13.2 Å². The lowest BCUT2D eigenvalue weighted by molar-refractivity contribution is -0.138. The van der Waals surface area contributed by atoms with Crippen molar-refractivity contribution in [2.24, 2.45) is 11.8 Å². The van der Waals surface area contributed by atoms with E-state index < -0.39 is 40.7 Å². The van der Waals surface area contributed by atoms with Gasteiger partial charge in [0.05, 0.1) is 5.92 Å². The molecule has 0 radical (unpaired) electrons. The number of halogens is 3. The molecule has 2 atom stereocenters. The molecule has 4 rings (SSSR count). The van der Waals surface area contributed by atoms with Crippen molar-refractivity contribution in [2.75, 3.05) is 0 Å². The SMILES string of the molecule is CC1(C)Cc2cc(F)cc(COc3c(F)cc(CC4CC4C(=O)O)cc3F)c2O1. The van der Waals surface area contributed by atoms with Gasteiger partial charge in [0.1, 0.15) is 23.8 Å². The third-order valence-corrected chi connectivity index (χ3v) is 5.37. The van der Waals surface area contributed by atoms with Gasteiger partial charge in [-0.05, 0) is 62.4 Å². The van der Waals surface area contributed by atoms with Crippen molar-refractivity contribution >= 4 is 5.97 Å². The monoisotopic (exact) mass is 406 g/mol. The van der Waals surface area contributed by atoms with E-state index in [9.17, 15) is 18.0 Å². The molecule has 1 N–H and O–H groups in total. The lowest BCUT2D eigenvalue weighted by atomic mass is 10.0. The lowest BCUT2D eigenvalue weighted by Gasteiger charge is -2.18. The molecular weight excluding hydrogens is 385 g/mol. The lowest BCUT2D eigenvalue weighted by Crippen LogP contribution is -2.25. The number of aliphatic carboxylic acids is 1. The van der Waals surface area contributed by atoms with Crippen LogP contribution in [0.3, 0.4) is 0 Å². The van der Waals surface area contributed by atoms with Gasteiger partial charge in [-0.3, -0.25) is 4.79 Å². The van der Waals surface area contributed by atoms with Crippen molar-refractivity contribution in [3.63, 3.8) is 0 Å². The largest absolute Gasteiger partial charge is 0.487 e. The van der Waals surface area contributed by atoms with Gasteiger partial charge in [-0.1, -0.05) is 0 Å². The molecule has 1 saturated carbocycles. The third-order valence-electron chi connectivity index (χ3n) is 5.37. The first kappa shape index (κ1) is 19.6. The maximum atomic E-state index is 14.4. The van der Waals surface area contributed by atoms with Crippen molar-refractivity contribution in [2.45, 2.75) is 45.3 Å². The molecule has 0 saturated heterocycles. The van der Waals surface area contributed by atoms with Crippen molar-refractivity contribution in [3.05, 3.63) is 58.4 Å². The van der Waals surface area contributed by atoms with E-state index in [1.54, 1.807) is 0 Å². The van der Waals surface area contributed by atoms with E-state index in [-0.39, 0.29) is 12.5 Å². The first-order valence-electron chi connectivity index (χ1n) is 9.47. The Labute approximate surface area is 166 Å². The minimum atomic E-state index is -0.885. The number of carbonyl (C=O) groups is 1. The van der Waals surface area contributed by atoms with Crippen LogP contribution >= 0.6 is 0 Å². The van der Waals surface area contributed by atoms with Gasteiger partial charge < -0.3 is 14.6 Å². The van der Waals surface area contributed by atoms with Gasteiger partial charge >= 0.3 is 5.97 Å². The first-order chi connectivity index (χ1) is 13.6. The number of carboxylic acid groups (broad SMARTS) is 1. The number of ether oxygens (including phenoxy) is 2. The molecule has 4 nitrogen and oxygen atoms in total. The smallest absolute Gasteiger partial charge is 0.306 e. The van der Waals surface area contributed by atoms with Crippen LogP contribution in [0.5, 0.6) is 11.5 Å². The Morgan fingerprint density at radius 2 is 1.90 bits per heavy atom. The summed E-state index contributed by atoms with van der Waals surface area (Å²) in [4.78, 5) is 10.9. The third kappa shape index (κ3) is 4.04. The molecule has 0 bridgehead atoms. The Bertz CT molecular complexity index is 963. The topological polar surface area (TPSA) is 55.8 Å². The molecule has 29 heavy (non-hydrogen) atoms. The maximum absolute atomic E-state index is 14.4. The number of hydrogen-bond donors (Lipinski definition) is 1. The van der Waals surface area contributed by atoms with Crippen LogP contribution in [0.4, 0.5) is 13.2 Å². The zero-order valence-corrected chi connectivity index (χ0v) is 16.1. The quantitative estimate of drug-likeness (QED) is 0.758. The minimum Gasteiger partial charge on any atom is -0.487 e. The molecule has 1 aliphatic carbocycles. The van der Waals surface area contributed by atoms with E-state index >= 15 is 0 Å². The van der Waals surface area contributed by atoms with Gasteiger partial charge in [0.2, 0.25) is 0 Å². The van der Waals surface area contributed by atoms with E-state index in [0.29, 0.717) is 41.7 Å². The van der Waals surface area contributed by atoms with Crippen LogP contribution in [0.2, 0.25) is 0 Å². The molecule has 154 valence electrons. The van der Waals surface area contributed by atoms with Crippen molar-refractivity contribution in [1.29, 1.82) is 0 Å². The predicted molar refractivity (Wildman–Crippen MR) is 98.4 cm³/mol. The summed E-state index contributed by atoms with van der Waals surface area (Å²) >= 11 is 0. The van der Waals surface area contributed by atoms with E-state index in [0.717, 1.165) is 12.1 Å². The van der Waals surface area contributed by atoms with Crippen LogP contribution in [0.25, 0.3) is 0 Å². The summed E-state index contributed by atoms with van der Waals surface area (Å²) < 4.78 is 54.0. The van der Waals surface area contributed by atoms with Crippen LogP contribution in [-0.4, -0.2) is 16.7 Å². The summed E-state index contributed by atoms with van der Waals surface area (Å²) in [5, 5.41) is 8.95. The zero-order valence-electron chi connectivity index (χ0n) is 16.1. The molecule has 0 spiro atoms. The number of hydrogen-bond acceptors (Lipinski definition) is 3. The normalized spacial score (nSPS) is 21.4. The Hall–Kier alpha value is -2.70. The predicted octanol–water partition coefficient (Wildman–Crippen LogP) is 4.66. The highest BCUT2D eigenvalue weighted by atomic mass is 19.1. The van der Waals surface area contributed by atoms with E-state index in [1.807, 2.05) is 13.8 Å². The molecule has 2 aliphatic rings. The first-order valence-corrected chi connectivity index (χ1v) is 9.47. The summed E-state index contributed by atoms with van der Waals surface area (Å²) in [6.07, 6.45) is 1.34. The Morgan fingerprint density at radius 1 is 1.21 bits per heavy atom. The molecule has 1 fully saturated rings. The molecular formula is C22H21F3O4. The summed E-state index contributed by atoms with van der Waals surface area (Å²) in [5.41, 5.74) is 0.982. The second-order valence-corrected chi connectivity index (χ2v) is 8.41. The van der Waals surface area contributed by atoms with Gasteiger partial charge in [0.25, 0.3) is 0 Å². The summed E-state index contributed by atoms with van der Waals surface area (Å²) in [6, 6.07) is 4.95. The number of carboxylic acids is 1. The Balaban J connectivity index is 1.49. The molecule has 0 amide bonds. The molecule has 0 aromatic heterocycles. The van der Waals surface area contributed by atoms with Crippen LogP contribution in [0.1, 0.15) is 37.0 Å². The van der Waals surface area contributed by atoms with Crippen molar-refractivity contribution in [1.82, 2.24) is 0 Å². The van der Waals surface area contributed by atoms with Gasteiger partial charge in [0.15, 0.2) is 17.4 Å². The van der Waals surface area contributed by atoms with E-state index in [2.05, 4.69) is 0 Å². The molecule has 1 heterocycles. The highest BCUT2D eigenvalue weighted by Crippen LogP contribution is 2.42. The Morgan fingerprint density at radius 3 is 2.52 bits per heavy atom. The number of rotatable bonds is 6. The fourth-order valence-electron chi connectivity index (χ4n) is 3.95. The molecule has 2 aromatic carbocycles. The van der Waals surface area contributed by atoms with Gasteiger partial charge in [-0.15, -0.1) is 0 Å². The van der Waals surface area contributed by atoms with Gasteiger partial charge in [0, 0.05) is 17.5 Å². The van der Waals surface area contributed by atoms with E-state index in [4.69, 9.17) is 14.6 Å². The number of fused-ring (bicyclic) bond motifs is 1. The average molecular weight is 406 g/mol. The summed E-state index contributed by atoms with van der Waals surface area (Å²) in [6.45, 7) is 3.51. The highest BCUT2D eigenvalue weighted by molar-refractivity contribution is 5.73. The van der Waals surface area contributed by atoms with Crippen LogP contribution in [-0.2, 0) is 24.2 Å². The van der Waals surface area contributed by atoms with Crippen LogP contribution in [0.15, 0.2) is 24.3 Å². The fourth-order valence-corrected chi connectivity index (χ4v) is 3.95. The number of benzene rings is 2. The summed E-state index contributed by atoms with van der Waals surface area (Å²) in [5.74, 6) is -3.70. The van der Waals surface area contributed by atoms with Crippen LogP contribution < -0.4 is 9.47 Å². The van der Waals surface area contributed by atoms with Crippen molar-refractivity contribution < 1.29 is 32.5 Å². The van der Waals surface area contributed by atoms with Crippen LogP contribution in [0, 0.1) is 29.3 Å². The second-order valence-electron chi connectivity index (χ2n) is 8.41.